The van der Waals surface area contributed by atoms with Crippen LogP contribution in [0.3, 0.4) is 0 Å². The minimum absolute atomic E-state index is 0.263. The first-order valence-electron chi connectivity index (χ1n) is 7.16. The molecule has 0 aliphatic carbocycles. The van der Waals surface area contributed by atoms with Gasteiger partial charge in [0, 0.05) is 12.6 Å². The fraction of sp³-hybridized carbons (Fsp3) is 0.267. The molecule has 1 aromatic carbocycles. The van der Waals surface area contributed by atoms with Gasteiger partial charge in [-0.15, -0.1) is 0 Å². The molecular weight excluding hydrogens is 352 g/mol. The van der Waals surface area contributed by atoms with Gasteiger partial charge in [0.2, 0.25) is 11.8 Å². The van der Waals surface area contributed by atoms with Gasteiger partial charge in [-0.1, -0.05) is 17.7 Å². The number of methoxy groups -OCH3 is 1. The van der Waals surface area contributed by atoms with Crippen molar-refractivity contribution in [2.24, 2.45) is 0 Å². The van der Waals surface area contributed by atoms with Crippen molar-refractivity contribution in [2.45, 2.75) is 6.54 Å². The number of anilines is 1. The summed E-state index contributed by atoms with van der Waals surface area (Å²) in [5.41, 5.74) is 1.01. The SMILES string of the molecule is COc1cc(Cl)nc(NC(=S)NCc2ccc3c(c2)OCCO3)n1. The van der Waals surface area contributed by atoms with E-state index in [1.807, 2.05) is 18.2 Å². The molecule has 0 amide bonds. The van der Waals surface area contributed by atoms with Gasteiger partial charge >= 0.3 is 0 Å². The highest BCUT2D eigenvalue weighted by molar-refractivity contribution is 7.80. The maximum absolute atomic E-state index is 5.89. The van der Waals surface area contributed by atoms with E-state index >= 15 is 0 Å². The molecule has 0 bridgehead atoms. The molecular formula is C15H15ClN4O3S. The van der Waals surface area contributed by atoms with E-state index in [4.69, 9.17) is 38.0 Å². The Kier molecular flexibility index (Phi) is 5.17. The van der Waals surface area contributed by atoms with E-state index < -0.39 is 0 Å². The van der Waals surface area contributed by atoms with Crippen molar-refractivity contribution >= 4 is 34.9 Å². The molecule has 0 saturated carbocycles. The lowest BCUT2D eigenvalue weighted by atomic mass is 10.2. The molecule has 3 rings (SSSR count). The number of nitrogens with one attached hydrogen (secondary N) is 2. The van der Waals surface area contributed by atoms with Crippen LogP contribution in [-0.2, 0) is 6.54 Å². The van der Waals surface area contributed by atoms with E-state index in [2.05, 4.69) is 20.6 Å². The quantitative estimate of drug-likeness (QED) is 0.631. The highest BCUT2D eigenvalue weighted by Crippen LogP contribution is 2.30. The fourth-order valence-corrected chi connectivity index (χ4v) is 2.42. The highest BCUT2D eigenvalue weighted by Gasteiger charge is 2.12. The van der Waals surface area contributed by atoms with Crippen LogP contribution in [0.4, 0.5) is 5.95 Å². The molecule has 2 aromatic rings. The largest absolute Gasteiger partial charge is 0.486 e. The summed E-state index contributed by atoms with van der Waals surface area (Å²) in [7, 11) is 1.50. The molecule has 0 saturated heterocycles. The van der Waals surface area contributed by atoms with Crippen molar-refractivity contribution in [3.8, 4) is 17.4 Å². The Morgan fingerprint density at radius 1 is 1.25 bits per heavy atom. The summed E-state index contributed by atoms with van der Waals surface area (Å²) in [6, 6.07) is 7.26. The number of halogens is 1. The van der Waals surface area contributed by atoms with Crippen LogP contribution in [-0.4, -0.2) is 35.4 Å². The predicted molar refractivity (Wildman–Crippen MR) is 94.1 cm³/mol. The van der Waals surface area contributed by atoms with Gasteiger partial charge in [0.25, 0.3) is 0 Å². The summed E-state index contributed by atoms with van der Waals surface area (Å²) in [4.78, 5) is 8.15. The Balaban J connectivity index is 1.58. The van der Waals surface area contributed by atoms with Gasteiger partial charge in [-0.05, 0) is 29.9 Å². The highest BCUT2D eigenvalue weighted by atomic mass is 35.5. The van der Waals surface area contributed by atoms with Gasteiger partial charge in [-0.2, -0.15) is 4.98 Å². The normalized spacial score (nSPS) is 12.4. The molecule has 1 aliphatic heterocycles. The summed E-state index contributed by atoms with van der Waals surface area (Å²) < 4.78 is 16.1. The Morgan fingerprint density at radius 2 is 2.04 bits per heavy atom. The van der Waals surface area contributed by atoms with Crippen molar-refractivity contribution in [2.75, 3.05) is 25.6 Å². The van der Waals surface area contributed by atoms with Gasteiger partial charge < -0.3 is 24.8 Å². The number of nitrogens with zero attached hydrogens (tertiary/aromatic N) is 2. The van der Waals surface area contributed by atoms with Crippen LogP contribution in [0.25, 0.3) is 0 Å². The average molecular weight is 367 g/mol. The fourth-order valence-electron chi connectivity index (χ4n) is 2.08. The second kappa shape index (κ2) is 7.50. The molecule has 1 aromatic heterocycles. The van der Waals surface area contributed by atoms with E-state index in [1.54, 1.807) is 0 Å². The van der Waals surface area contributed by atoms with Crippen LogP contribution < -0.4 is 24.8 Å². The number of benzene rings is 1. The van der Waals surface area contributed by atoms with Gasteiger partial charge in [0.15, 0.2) is 16.6 Å². The van der Waals surface area contributed by atoms with Crippen molar-refractivity contribution < 1.29 is 14.2 Å². The molecule has 0 spiro atoms. The number of fused-ring (bicyclic) bond motifs is 1. The van der Waals surface area contributed by atoms with Crippen molar-refractivity contribution in [3.05, 3.63) is 35.0 Å². The van der Waals surface area contributed by atoms with E-state index in [0.29, 0.717) is 30.8 Å². The third-order valence-corrected chi connectivity index (χ3v) is 3.61. The van der Waals surface area contributed by atoms with Crippen LogP contribution in [0.2, 0.25) is 5.15 Å². The van der Waals surface area contributed by atoms with Crippen LogP contribution in [0.5, 0.6) is 17.4 Å². The Morgan fingerprint density at radius 3 is 2.83 bits per heavy atom. The van der Waals surface area contributed by atoms with Crippen LogP contribution in [0.15, 0.2) is 24.3 Å². The maximum atomic E-state index is 5.89. The molecule has 7 nitrogen and oxygen atoms in total. The molecule has 0 radical (unpaired) electrons. The lowest BCUT2D eigenvalue weighted by Gasteiger charge is -2.19. The minimum Gasteiger partial charge on any atom is -0.486 e. The number of hydrogen-bond donors (Lipinski definition) is 2. The summed E-state index contributed by atoms with van der Waals surface area (Å²) in [6.07, 6.45) is 0. The Hall–Kier alpha value is -2.32. The predicted octanol–water partition coefficient (Wildman–Crippen LogP) is 2.40. The average Bonchev–Trinajstić information content (AvgIpc) is 2.59. The standard InChI is InChI=1S/C15H15ClN4O3S/c1-21-13-7-12(16)18-14(19-13)20-15(24)17-8-9-2-3-10-11(6-9)23-5-4-22-10/h2-3,6-7H,4-5,8H2,1H3,(H2,17,18,19,20,24). The van der Waals surface area contributed by atoms with Crippen molar-refractivity contribution in [1.82, 2.24) is 15.3 Å². The zero-order chi connectivity index (χ0) is 16.9. The molecule has 0 unspecified atom stereocenters. The Labute approximate surface area is 149 Å². The first-order valence-corrected chi connectivity index (χ1v) is 7.94. The number of rotatable bonds is 4. The van der Waals surface area contributed by atoms with Gasteiger partial charge in [0.05, 0.1) is 7.11 Å². The monoisotopic (exact) mass is 366 g/mol. The zero-order valence-corrected chi connectivity index (χ0v) is 14.4. The van der Waals surface area contributed by atoms with Crippen LogP contribution in [0, 0.1) is 0 Å². The molecule has 0 atom stereocenters. The summed E-state index contributed by atoms with van der Waals surface area (Å²) >= 11 is 11.1. The van der Waals surface area contributed by atoms with Crippen LogP contribution >= 0.6 is 23.8 Å². The molecule has 2 N–H and O–H groups in total. The third kappa shape index (κ3) is 4.15. The number of ether oxygens (including phenoxy) is 3. The molecule has 0 fully saturated rings. The zero-order valence-electron chi connectivity index (χ0n) is 12.8. The molecule has 9 heteroatoms. The van der Waals surface area contributed by atoms with Crippen molar-refractivity contribution in [1.29, 1.82) is 0 Å². The minimum atomic E-state index is 0.263. The van der Waals surface area contributed by atoms with Gasteiger partial charge in [-0.25, -0.2) is 4.98 Å². The summed E-state index contributed by atoms with van der Waals surface area (Å²) in [5, 5.41) is 6.57. The first-order chi connectivity index (χ1) is 11.6. The lowest BCUT2D eigenvalue weighted by molar-refractivity contribution is 0.171. The Bertz CT molecular complexity index is 759. The topological polar surface area (TPSA) is 77.5 Å². The second-order valence-electron chi connectivity index (χ2n) is 4.84. The summed E-state index contributed by atoms with van der Waals surface area (Å²) in [5.74, 6) is 2.11. The number of aromatic nitrogens is 2. The second-order valence-corrected chi connectivity index (χ2v) is 5.64. The molecule has 24 heavy (non-hydrogen) atoms. The van der Waals surface area contributed by atoms with Crippen molar-refractivity contribution in [3.63, 3.8) is 0 Å². The van der Waals surface area contributed by atoms with E-state index in [1.165, 1.54) is 13.2 Å². The summed E-state index contributed by atoms with van der Waals surface area (Å²) in [6.45, 7) is 1.64. The smallest absolute Gasteiger partial charge is 0.233 e. The molecule has 2 heterocycles. The van der Waals surface area contributed by atoms with E-state index in [-0.39, 0.29) is 11.1 Å². The van der Waals surface area contributed by atoms with Gasteiger partial charge in [-0.3, -0.25) is 0 Å². The number of thiocarbonyl (C=S) groups is 1. The lowest BCUT2D eigenvalue weighted by Crippen LogP contribution is -2.28. The molecule has 126 valence electrons. The third-order valence-electron chi connectivity index (χ3n) is 3.17. The first kappa shape index (κ1) is 16.5. The number of hydrogen-bond acceptors (Lipinski definition) is 6. The maximum Gasteiger partial charge on any atom is 0.233 e. The molecule has 1 aliphatic rings. The van der Waals surface area contributed by atoms with Crippen LogP contribution in [0.1, 0.15) is 5.56 Å². The van der Waals surface area contributed by atoms with E-state index in [0.717, 1.165) is 17.1 Å². The van der Waals surface area contributed by atoms with E-state index in [9.17, 15) is 0 Å². The van der Waals surface area contributed by atoms with Gasteiger partial charge in [0.1, 0.15) is 18.4 Å².